The van der Waals surface area contributed by atoms with Crippen LogP contribution in [0.3, 0.4) is 0 Å². The van der Waals surface area contributed by atoms with Gasteiger partial charge in [-0.15, -0.1) is 0 Å². The van der Waals surface area contributed by atoms with Gasteiger partial charge in [0, 0.05) is 0 Å². The summed E-state index contributed by atoms with van der Waals surface area (Å²) < 4.78 is 4.77. The molecule has 3 nitrogen and oxygen atoms in total. The van der Waals surface area contributed by atoms with Crippen LogP contribution in [0.4, 0.5) is 0 Å². The van der Waals surface area contributed by atoms with Crippen LogP contribution in [0.5, 0.6) is 5.75 Å². The Hall–Kier alpha value is -0.310. The fourth-order valence-electron chi connectivity index (χ4n) is 1.35. The molecule has 1 heterocycles. The average Bonchev–Trinajstić information content (AvgIpc) is 2.69. The maximum atomic E-state index is 11.0. The number of aromatic hydroxyl groups is 1. The predicted molar refractivity (Wildman–Crippen MR) is 78.7 cm³/mol. The normalized spacial score (nSPS) is 16.1. The molecule has 0 aliphatic carbocycles. The third kappa shape index (κ3) is 2.27. The summed E-state index contributed by atoms with van der Waals surface area (Å²) in [7, 11) is 0. The summed E-state index contributed by atoms with van der Waals surface area (Å²) in [6.45, 7) is 0. The van der Waals surface area contributed by atoms with Gasteiger partial charge < -0.3 is 0 Å². The molecule has 1 aromatic rings. The Morgan fingerprint density at radius 3 is 2.80 bits per heavy atom. The van der Waals surface area contributed by atoms with E-state index in [0.717, 1.165) is 5.56 Å². The molecule has 0 unspecified atom stereocenters. The Kier molecular flexibility index (Phi) is 3.49. The molecule has 0 atom stereocenters. The summed E-state index contributed by atoms with van der Waals surface area (Å²) in [5, 5.41) is 18.6. The number of alkyl halides is 2. The second-order valence-corrected chi connectivity index (χ2v) is 11.8. The van der Waals surface area contributed by atoms with Crippen molar-refractivity contribution in [2.75, 3.05) is 2.43 Å². The van der Waals surface area contributed by atoms with Gasteiger partial charge in [-0.3, -0.25) is 0 Å². The Morgan fingerprint density at radius 2 is 2.20 bits per heavy atom. The molecule has 1 aromatic carbocycles. The Bertz CT molecular complexity index is 440. The summed E-state index contributed by atoms with van der Waals surface area (Å²) in [5.74, 6) is -1.16. The van der Waals surface area contributed by atoms with Gasteiger partial charge in [-0.1, -0.05) is 0 Å². The molecule has 2 rings (SSSR count). The molecule has 0 spiro atoms. The van der Waals surface area contributed by atoms with E-state index in [-0.39, 0.29) is 53.7 Å². The third-order valence-corrected chi connectivity index (χ3v) is 12.0. The minimum absolute atomic E-state index is 0.00753. The number of rotatable bonds is 2. The van der Waals surface area contributed by atoms with E-state index in [1.54, 1.807) is 12.1 Å². The van der Waals surface area contributed by atoms with Gasteiger partial charge >= 0.3 is 109 Å². The minimum atomic E-state index is -1.04. The molecule has 0 fully saturated rings. The van der Waals surface area contributed by atoms with Gasteiger partial charge in [0.05, 0.1) is 0 Å². The van der Waals surface area contributed by atoms with Crippen LogP contribution in [0.2, 0.25) is 0 Å². The van der Waals surface area contributed by atoms with Gasteiger partial charge in [0.15, 0.2) is 0 Å². The van der Waals surface area contributed by atoms with E-state index in [1.807, 2.05) is 0 Å². The number of carbonyl (C=O) groups is 1. The quantitative estimate of drug-likeness (QED) is 0.559. The van der Waals surface area contributed by atoms with Gasteiger partial charge in [0.1, 0.15) is 0 Å². The van der Waals surface area contributed by atoms with Crippen molar-refractivity contribution >= 4 is 52.0 Å². The number of phenols is 1. The van der Waals surface area contributed by atoms with Crippen LogP contribution in [-0.2, 0) is 0 Å². The SMILES string of the molecule is O=C(O)c1c(O)cccc1C1=C[IH]C[IH]1. The van der Waals surface area contributed by atoms with E-state index in [1.165, 1.54) is 12.1 Å². The first-order valence-electron chi connectivity index (χ1n) is 4.20. The number of hydrogen-bond donors (Lipinski definition) is 2. The Labute approximate surface area is 108 Å². The molecular weight excluding hydrogens is 422 g/mol. The number of halogens is 2. The van der Waals surface area contributed by atoms with E-state index in [4.69, 9.17) is 5.11 Å². The van der Waals surface area contributed by atoms with Crippen molar-refractivity contribution in [1.29, 1.82) is 0 Å². The maximum absolute atomic E-state index is 11.0. The van der Waals surface area contributed by atoms with Crippen LogP contribution in [0, 0.1) is 0 Å². The topological polar surface area (TPSA) is 57.5 Å². The monoisotopic (exact) mass is 432 g/mol. The first-order valence-corrected chi connectivity index (χ1v) is 10.0. The zero-order valence-corrected chi connectivity index (χ0v) is 12.3. The van der Waals surface area contributed by atoms with E-state index in [2.05, 4.69) is 4.08 Å². The van der Waals surface area contributed by atoms with Crippen molar-refractivity contribution in [3.63, 3.8) is 0 Å². The predicted octanol–water partition coefficient (Wildman–Crippen LogP) is 2.77. The summed E-state index contributed by atoms with van der Waals surface area (Å²) in [5.41, 5.74) is 0.815. The fourth-order valence-corrected chi connectivity index (χ4v) is 11.7. The Balaban J connectivity index is 2.55. The van der Waals surface area contributed by atoms with E-state index >= 15 is 0 Å². The van der Waals surface area contributed by atoms with E-state index < -0.39 is 5.97 Å². The van der Waals surface area contributed by atoms with Crippen LogP contribution < -0.4 is 0 Å². The van der Waals surface area contributed by atoms with Crippen LogP contribution in [0.1, 0.15) is 15.9 Å². The van der Waals surface area contributed by atoms with Crippen molar-refractivity contribution in [1.82, 2.24) is 0 Å². The van der Waals surface area contributed by atoms with E-state index in [9.17, 15) is 9.90 Å². The summed E-state index contributed by atoms with van der Waals surface area (Å²) in [6, 6.07) is 4.95. The van der Waals surface area contributed by atoms with Crippen molar-refractivity contribution in [2.45, 2.75) is 0 Å². The second kappa shape index (κ2) is 4.69. The molecule has 0 saturated carbocycles. The van der Waals surface area contributed by atoms with Gasteiger partial charge in [-0.25, -0.2) is 0 Å². The van der Waals surface area contributed by atoms with Crippen LogP contribution in [0.25, 0.3) is 3.58 Å². The molecule has 0 bridgehead atoms. The second-order valence-electron chi connectivity index (χ2n) is 2.92. The molecule has 82 valence electrons. The molecule has 0 saturated heterocycles. The summed E-state index contributed by atoms with van der Waals surface area (Å²) in [4.78, 5) is 11.0. The van der Waals surface area contributed by atoms with Crippen molar-refractivity contribution < 1.29 is 15.0 Å². The van der Waals surface area contributed by atoms with Gasteiger partial charge in [-0.2, -0.15) is 0 Å². The van der Waals surface area contributed by atoms with Crippen molar-refractivity contribution in [2.24, 2.45) is 0 Å². The number of carboxylic acid groups (broad SMARTS) is 1. The van der Waals surface area contributed by atoms with E-state index in [0.29, 0.717) is 0 Å². The first kappa shape index (κ1) is 11.2. The molecule has 0 aromatic heterocycles. The number of benzene rings is 1. The average molecular weight is 432 g/mol. The zero-order chi connectivity index (χ0) is 10.8. The standard InChI is InChI=1S/C10H10I2O3/c13-8-3-1-2-6(9(8)10(14)15)7-4-11-5-12-7/h1-4,11-13H,5H2,(H,14,15). The molecule has 2 N–H and O–H groups in total. The van der Waals surface area contributed by atoms with Gasteiger partial charge in [0.25, 0.3) is 0 Å². The van der Waals surface area contributed by atoms with Crippen LogP contribution >= 0.6 is 42.4 Å². The van der Waals surface area contributed by atoms with Crippen LogP contribution in [0.15, 0.2) is 22.3 Å². The number of aromatic carboxylic acids is 1. The molecule has 0 amide bonds. The molecule has 1 aliphatic rings. The van der Waals surface area contributed by atoms with Crippen molar-refractivity contribution in [3.05, 3.63) is 33.4 Å². The fraction of sp³-hybridized carbons (Fsp3) is 0.100. The van der Waals surface area contributed by atoms with Crippen molar-refractivity contribution in [3.8, 4) is 5.75 Å². The molecule has 0 radical (unpaired) electrons. The zero-order valence-electron chi connectivity index (χ0n) is 7.64. The Morgan fingerprint density at radius 1 is 1.40 bits per heavy atom. The summed E-state index contributed by atoms with van der Waals surface area (Å²) >= 11 is -0.196. The van der Waals surface area contributed by atoms with Gasteiger partial charge in [-0.05, 0) is 0 Å². The third-order valence-electron chi connectivity index (χ3n) is 1.99. The molecule has 15 heavy (non-hydrogen) atoms. The number of carboxylic acids is 1. The number of hydrogen-bond acceptors (Lipinski definition) is 2. The molecular formula is C10H10I2O3. The van der Waals surface area contributed by atoms with Gasteiger partial charge in [0.2, 0.25) is 0 Å². The van der Waals surface area contributed by atoms with Crippen LogP contribution in [-0.4, -0.2) is 18.6 Å². The summed E-state index contributed by atoms with van der Waals surface area (Å²) in [6.07, 6.45) is 0. The molecule has 1 aliphatic heterocycles. The molecule has 5 heteroatoms. The first-order chi connectivity index (χ1) is 7.20.